The first-order chi connectivity index (χ1) is 13.1. The van der Waals surface area contributed by atoms with Gasteiger partial charge in [-0.3, -0.25) is 4.79 Å². The highest BCUT2D eigenvalue weighted by atomic mass is 16.5. The molecule has 5 rings (SSSR count). The summed E-state index contributed by atoms with van der Waals surface area (Å²) in [7, 11) is 1.74. The van der Waals surface area contributed by atoms with E-state index < -0.39 is 0 Å². The number of nitrogen functional groups attached to an aromatic ring is 1. The molecular formula is C18H19N7O2. The lowest BCUT2D eigenvalue weighted by Gasteiger charge is -2.26. The van der Waals surface area contributed by atoms with Crippen LogP contribution in [0.25, 0.3) is 5.65 Å². The second-order valence-corrected chi connectivity index (χ2v) is 6.83. The number of benzene rings is 1. The quantitative estimate of drug-likeness (QED) is 0.648. The van der Waals surface area contributed by atoms with Gasteiger partial charge in [0.1, 0.15) is 11.6 Å². The zero-order valence-corrected chi connectivity index (χ0v) is 14.8. The van der Waals surface area contributed by atoms with Crippen LogP contribution in [0.4, 0.5) is 28.7 Å². The van der Waals surface area contributed by atoms with E-state index in [-0.39, 0.29) is 12.5 Å². The Kier molecular flexibility index (Phi) is 3.36. The number of fused-ring (bicyclic) bond motifs is 2. The molecule has 0 bridgehead atoms. The predicted octanol–water partition coefficient (Wildman–Crippen LogP) is 1.98. The van der Waals surface area contributed by atoms with Gasteiger partial charge in [0.25, 0.3) is 5.91 Å². The summed E-state index contributed by atoms with van der Waals surface area (Å²) in [6, 6.07) is 7.99. The number of ether oxygens (including phenoxy) is 1. The molecule has 0 spiro atoms. The van der Waals surface area contributed by atoms with E-state index in [1.54, 1.807) is 22.7 Å². The van der Waals surface area contributed by atoms with Crippen LogP contribution in [0.5, 0.6) is 5.75 Å². The summed E-state index contributed by atoms with van der Waals surface area (Å²) in [4.78, 5) is 17.8. The Morgan fingerprint density at radius 1 is 1.30 bits per heavy atom. The largest absolute Gasteiger partial charge is 0.482 e. The zero-order chi connectivity index (χ0) is 18.5. The Morgan fingerprint density at radius 3 is 2.96 bits per heavy atom. The van der Waals surface area contributed by atoms with E-state index in [4.69, 9.17) is 10.5 Å². The van der Waals surface area contributed by atoms with Crippen LogP contribution in [0.3, 0.4) is 0 Å². The maximum absolute atomic E-state index is 11.9. The van der Waals surface area contributed by atoms with Crippen LogP contribution in [0.15, 0.2) is 30.5 Å². The van der Waals surface area contributed by atoms with Crippen molar-refractivity contribution >= 4 is 40.3 Å². The van der Waals surface area contributed by atoms with E-state index in [9.17, 15) is 4.79 Å². The summed E-state index contributed by atoms with van der Waals surface area (Å²) >= 11 is 0. The van der Waals surface area contributed by atoms with Gasteiger partial charge >= 0.3 is 0 Å². The van der Waals surface area contributed by atoms with Crippen molar-refractivity contribution in [3.63, 3.8) is 0 Å². The third-order valence-electron chi connectivity index (χ3n) is 4.75. The molecule has 3 aromatic rings. The Morgan fingerprint density at radius 2 is 2.15 bits per heavy atom. The van der Waals surface area contributed by atoms with Gasteiger partial charge in [0.2, 0.25) is 0 Å². The van der Waals surface area contributed by atoms with Crippen LogP contribution in [0.2, 0.25) is 0 Å². The number of carbonyl (C=O) groups excluding carboxylic acids is 1. The van der Waals surface area contributed by atoms with Gasteiger partial charge in [-0.05, 0) is 31.0 Å². The molecule has 1 aliphatic carbocycles. The molecule has 1 amide bonds. The second kappa shape index (κ2) is 5.76. The van der Waals surface area contributed by atoms with E-state index in [1.165, 1.54) is 0 Å². The Balaban J connectivity index is 1.51. The van der Waals surface area contributed by atoms with Gasteiger partial charge in [0, 0.05) is 24.8 Å². The van der Waals surface area contributed by atoms with Crippen LogP contribution < -0.4 is 26.0 Å². The van der Waals surface area contributed by atoms with Gasteiger partial charge in [-0.1, -0.05) is 0 Å². The zero-order valence-electron chi connectivity index (χ0n) is 14.8. The van der Waals surface area contributed by atoms with Crippen molar-refractivity contribution in [2.24, 2.45) is 0 Å². The molecule has 3 heterocycles. The molecule has 1 saturated carbocycles. The number of nitrogens with one attached hydrogen (secondary N) is 2. The molecule has 1 aromatic carbocycles. The van der Waals surface area contributed by atoms with Crippen LogP contribution in [-0.4, -0.2) is 40.2 Å². The number of aromatic nitrogens is 3. The number of nitrogens with zero attached hydrogens (tertiary/aromatic N) is 4. The summed E-state index contributed by atoms with van der Waals surface area (Å²) in [5, 5.41) is 11.3. The highest BCUT2D eigenvalue weighted by molar-refractivity contribution is 5.98. The van der Waals surface area contributed by atoms with Crippen molar-refractivity contribution in [1.29, 1.82) is 0 Å². The molecule has 0 radical (unpaired) electrons. The number of nitrogens with two attached hydrogens (primary N) is 1. The topological polar surface area (TPSA) is 110 Å². The molecule has 4 N–H and O–H groups in total. The third-order valence-corrected chi connectivity index (χ3v) is 4.75. The Hall–Kier alpha value is -3.49. The lowest BCUT2D eigenvalue weighted by atomic mass is 10.2. The maximum atomic E-state index is 11.9. The third kappa shape index (κ3) is 2.77. The van der Waals surface area contributed by atoms with Crippen LogP contribution in [0.1, 0.15) is 12.8 Å². The van der Waals surface area contributed by atoms with E-state index in [2.05, 4.69) is 20.7 Å². The molecule has 9 heteroatoms. The van der Waals surface area contributed by atoms with Gasteiger partial charge in [-0.2, -0.15) is 4.52 Å². The van der Waals surface area contributed by atoms with Crippen molar-refractivity contribution in [1.82, 2.24) is 14.6 Å². The summed E-state index contributed by atoms with van der Waals surface area (Å²) < 4.78 is 7.09. The minimum absolute atomic E-state index is 0.0601. The average Bonchev–Trinajstić information content (AvgIpc) is 3.40. The summed E-state index contributed by atoms with van der Waals surface area (Å²) in [6.07, 6.45) is 3.90. The molecule has 0 atom stereocenters. The van der Waals surface area contributed by atoms with E-state index in [0.717, 1.165) is 29.9 Å². The van der Waals surface area contributed by atoms with E-state index in [0.29, 0.717) is 29.1 Å². The fourth-order valence-corrected chi connectivity index (χ4v) is 3.10. The average molecular weight is 365 g/mol. The normalized spacial score (nSPS) is 16.2. The number of carbonyl (C=O) groups is 1. The van der Waals surface area contributed by atoms with Gasteiger partial charge < -0.3 is 26.0 Å². The first-order valence-electron chi connectivity index (χ1n) is 8.80. The van der Waals surface area contributed by atoms with Crippen molar-refractivity contribution in [2.75, 3.05) is 34.9 Å². The van der Waals surface area contributed by atoms with Crippen molar-refractivity contribution < 1.29 is 9.53 Å². The molecule has 0 unspecified atom stereocenters. The molecule has 0 saturated heterocycles. The van der Waals surface area contributed by atoms with Crippen molar-refractivity contribution in [3.8, 4) is 5.75 Å². The molecule has 2 aliphatic rings. The number of amides is 1. The first kappa shape index (κ1) is 15.7. The van der Waals surface area contributed by atoms with Crippen LogP contribution in [-0.2, 0) is 4.79 Å². The number of rotatable bonds is 4. The second-order valence-electron chi connectivity index (χ2n) is 6.83. The lowest BCUT2D eigenvalue weighted by molar-refractivity contribution is -0.120. The summed E-state index contributed by atoms with van der Waals surface area (Å²) in [5.74, 6) is 1.69. The smallest absolute Gasteiger partial charge is 0.264 e. The highest BCUT2D eigenvalue weighted by Gasteiger charge is 2.24. The Labute approximate surface area is 155 Å². The lowest BCUT2D eigenvalue weighted by Crippen LogP contribution is -2.35. The highest BCUT2D eigenvalue weighted by Crippen LogP contribution is 2.35. The van der Waals surface area contributed by atoms with Gasteiger partial charge in [0.15, 0.2) is 18.1 Å². The summed E-state index contributed by atoms with van der Waals surface area (Å²) in [5.41, 5.74) is 9.10. The fraction of sp³-hybridized carbons (Fsp3) is 0.278. The minimum atomic E-state index is -0.0821. The number of hydrogen-bond acceptors (Lipinski definition) is 7. The number of hydrogen-bond donors (Lipinski definition) is 3. The minimum Gasteiger partial charge on any atom is -0.482 e. The van der Waals surface area contributed by atoms with Gasteiger partial charge in [-0.25, -0.2) is 4.98 Å². The molecule has 1 fully saturated rings. The van der Waals surface area contributed by atoms with E-state index >= 15 is 0 Å². The standard InChI is InChI=1S/C18H19N7O2/c1-24-13-6-11(4-5-14(13)27-9-17(24)26)22-16-7-12(21-10-2-3-10)18-20-8-15(19)25(18)23-16/h4-8,10,21H,2-3,9,19H2,1H3,(H,22,23). The molecule has 2 aromatic heterocycles. The molecule has 9 nitrogen and oxygen atoms in total. The van der Waals surface area contributed by atoms with Crippen LogP contribution in [0, 0.1) is 0 Å². The molecule has 1 aliphatic heterocycles. The first-order valence-corrected chi connectivity index (χ1v) is 8.80. The molecular weight excluding hydrogens is 346 g/mol. The SMILES string of the molecule is CN1C(=O)COc2ccc(Nc3cc(NC4CC4)c4ncc(N)n4n3)cc21. The van der Waals surface area contributed by atoms with Gasteiger partial charge in [-0.15, -0.1) is 5.10 Å². The Bertz CT molecular complexity index is 1060. The van der Waals surface area contributed by atoms with Crippen molar-refractivity contribution in [2.45, 2.75) is 18.9 Å². The maximum Gasteiger partial charge on any atom is 0.264 e. The number of likely N-dealkylation sites (N-methyl/N-ethyl adjacent to an activating group) is 1. The van der Waals surface area contributed by atoms with Crippen molar-refractivity contribution in [3.05, 3.63) is 30.5 Å². The fourth-order valence-electron chi connectivity index (χ4n) is 3.10. The van der Waals surface area contributed by atoms with Gasteiger partial charge in [0.05, 0.1) is 17.6 Å². The van der Waals surface area contributed by atoms with Crippen LogP contribution >= 0.6 is 0 Å². The van der Waals surface area contributed by atoms with E-state index in [1.807, 2.05) is 24.3 Å². The monoisotopic (exact) mass is 365 g/mol. The summed E-state index contributed by atoms with van der Waals surface area (Å²) in [6.45, 7) is 0.0601. The number of anilines is 5. The predicted molar refractivity (Wildman–Crippen MR) is 103 cm³/mol. The molecule has 27 heavy (non-hydrogen) atoms. The number of imidazole rings is 1. The molecule has 138 valence electrons.